The Labute approximate surface area is 390 Å². The highest BCUT2D eigenvalue weighted by molar-refractivity contribution is 6.05. The smallest absolute Gasteiger partial charge is 0.410 e. The number of carbonyl (C=O) groups is 2. The number of fused-ring (bicyclic) bond motifs is 8. The topological polar surface area (TPSA) is 167 Å². The van der Waals surface area contributed by atoms with Gasteiger partial charge in [-0.1, -0.05) is 18.2 Å². The molecule has 0 saturated carbocycles. The van der Waals surface area contributed by atoms with Crippen LogP contribution in [0.2, 0.25) is 0 Å². The number of nitrogens with zero attached hydrogens (tertiary/aromatic N) is 9. The van der Waals surface area contributed by atoms with E-state index >= 15 is 0 Å². The molecule has 67 heavy (non-hydrogen) atoms. The van der Waals surface area contributed by atoms with E-state index in [1.165, 1.54) is 28.8 Å². The first-order chi connectivity index (χ1) is 32.5. The Kier molecular flexibility index (Phi) is 12.7. The molecule has 4 bridgehead atoms. The Hall–Kier alpha value is -7.94. The number of pyridine rings is 6. The fraction of sp³-hybridized carbons (Fsp3) is 0.269. The van der Waals surface area contributed by atoms with E-state index in [4.69, 9.17) is 14.7 Å². The van der Waals surface area contributed by atoms with Gasteiger partial charge in [0.25, 0.3) is 0 Å². The maximum atomic E-state index is 13.3. The van der Waals surface area contributed by atoms with Crippen LogP contribution in [0.1, 0.15) is 46.5 Å². The molecule has 3 N–H and O–H groups in total. The standard InChI is InChI=1S/C23H24N6O.C17H20N4.C12H10N2O2/c1-14-11-17(6-9-25-14)20-15(2)16(3)21-22(27-20)29(19-7-10-28(21)13-19)23(30)26-18-5-4-8-24-12-18;1-10-8-13(4-6-18-10)15-11(2)12(3)16-17(20-15)19-14-5-7-21(16)9-14;15-12(14-10-5-4-8-13-9-10)16-11-6-2-1-3-7-11/h4-6,8-9,11-12,19H,7,10,13H2,1-3H3,(H,26,30);4,6,8,14H,5,7,9H2,1-3H3,(H,19,20);1-9H,(H,14,15)/t19-;14-;/m00./s1. The summed E-state index contributed by atoms with van der Waals surface area (Å²) in [4.78, 5) is 58.0. The van der Waals surface area contributed by atoms with Crippen molar-refractivity contribution in [1.29, 1.82) is 0 Å². The summed E-state index contributed by atoms with van der Waals surface area (Å²) in [5, 5.41) is 9.17. The molecule has 340 valence electrons. The number of amides is 3. The van der Waals surface area contributed by atoms with Crippen molar-refractivity contribution in [3.63, 3.8) is 0 Å². The molecule has 6 aromatic heterocycles. The van der Waals surface area contributed by atoms with Crippen molar-refractivity contribution < 1.29 is 14.3 Å². The maximum absolute atomic E-state index is 13.3. The summed E-state index contributed by atoms with van der Waals surface area (Å²) < 4.78 is 5.04. The zero-order chi connectivity index (χ0) is 46.6. The SMILES string of the molecule is Cc1cc(-c2nc3c(c(C)c2C)N2CC[C@@H](C2)N3)ccn1.Cc1cc(-c2nc3c(c(C)c2C)N2CC[C@@H](C2)N3C(=O)Nc2cccnc2)ccn1.O=C(Nc1cccnc1)Oc1ccccc1. The number of nitrogens with one attached hydrogen (secondary N) is 3. The number of ether oxygens (including phenoxy) is 1. The summed E-state index contributed by atoms with van der Waals surface area (Å²) in [6, 6.07) is 24.7. The highest BCUT2D eigenvalue weighted by Crippen LogP contribution is 2.45. The van der Waals surface area contributed by atoms with E-state index in [0.717, 1.165) is 89.4 Å². The average Bonchev–Trinajstić information content (AvgIpc) is 3.92. The molecule has 3 amide bonds. The molecule has 0 unspecified atom stereocenters. The summed E-state index contributed by atoms with van der Waals surface area (Å²) >= 11 is 0. The Morgan fingerprint density at radius 3 is 1.87 bits per heavy atom. The van der Waals surface area contributed by atoms with Crippen LogP contribution >= 0.6 is 0 Å². The predicted molar refractivity (Wildman–Crippen MR) is 264 cm³/mol. The van der Waals surface area contributed by atoms with Gasteiger partial charge in [0.1, 0.15) is 5.75 Å². The first-order valence-electron chi connectivity index (χ1n) is 22.6. The molecule has 15 heteroatoms. The molecule has 10 heterocycles. The van der Waals surface area contributed by atoms with Crippen molar-refractivity contribution in [3.8, 4) is 28.3 Å². The predicted octanol–water partition coefficient (Wildman–Crippen LogP) is 9.86. The first kappa shape index (κ1) is 44.3. The van der Waals surface area contributed by atoms with Crippen LogP contribution in [0.4, 0.5) is 44.0 Å². The minimum absolute atomic E-state index is 0.107. The van der Waals surface area contributed by atoms with Crippen LogP contribution in [0.5, 0.6) is 5.75 Å². The van der Waals surface area contributed by atoms with Gasteiger partial charge in [-0.25, -0.2) is 19.6 Å². The van der Waals surface area contributed by atoms with Gasteiger partial charge in [-0.15, -0.1) is 0 Å². The Morgan fingerprint density at radius 1 is 0.642 bits per heavy atom. The zero-order valence-corrected chi connectivity index (χ0v) is 38.6. The van der Waals surface area contributed by atoms with E-state index in [9.17, 15) is 9.59 Å². The van der Waals surface area contributed by atoms with Crippen LogP contribution in [0.3, 0.4) is 0 Å². The number of para-hydroxylation sites is 1. The zero-order valence-electron chi connectivity index (χ0n) is 38.6. The summed E-state index contributed by atoms with van der Waals surface area (Å²) in [7, 11) is 0. The quantitative estimate of drug-likeness (QED) is 0.150. The van der Waals surface area contributed by atoms with Gasteiger partial charge >= 0.3 is 12.1 Å². The van der Waals surface area contributed by atoms with Crippen molar-refractivity contribution in [2.75, 3.05) is 56.8 Å². The molecule has 2 saturated heterocycles. The Bertz CT molecular complexity index is 2880. The van der Waals surface area contributed by atoms with Gasteiger partial charge in [0.15, 0.2) is 11.6 Å². The van der Waals surface area contributed by atoms with E-state index in [-0.39, 0.29) is 12.1 Å². The molecule has 7 aromatic rings. The number of rotatable bonds is 5. The number of anilines is 6. The second-order valence-electron chi connectivity index (χ2n) is 17.2. The third kappa shape index (κ3) is 9.57. The molecule has 0 radical (unpaired) electrons. The van der Waals surface area contributed by atoms with Crippen molar-refractivity contribution in [2.45, 2.75) is 66.5 Å². The fourth-order valence-electron chi connectivity index (χ4n) is 9.19. The van der Waals surface area contributed by atoms with Crippen molar-refractivity contribution in [3.05, 3.63) is 150 Å². The molecule has 4 aliphatic rings. The first-order valence-corrected chi connectivity index (χ1v) is 22.6. The summed E-state index contributed by atoms with van der Waals surface area (Å²) in [5.74, 6) is 2.29. The number of hydrogen-bond donors (Lipinski definition) is 3. The van der Waals surface area contributed by atoms with Crippen molar-refractivity contribution >= 4 is 46.5 Å². The highest BCUT2D eigenvalue weighted by Gasteiger charge is 2.42. The van der Waals surface area contributed by atoms with Crippen LogP contribution < -0.4 is 35.4 Å². The lowest BCUT2D eigenvalue weighted by Gasteiger charge is -2.37. The number of carbonyl (C=O) groups excluding carboxylic acids is 2. The molecule has 11 rings (SSSR count). The van der Waals surface area contributed by atoms with Gasteiger partial charge in [0.2, 0.25) is 0 Å². The minimum Gasteiger partial charge on any atom is -0.410 e. The highest BCUT2D eigenvalue weighted by atomic mass is 16.6. The molecule has 4 aliphatic heterocycles. The Morgan fingerprint density at radius 2 is 1.24 bits per heavy atom. The third-order valence-electron chi connectivity index (χ3n) is 12.7. The molecular formula is C52H54N12O3. The monoisotopic (exact) mass is 894 g/mol. The number of hydrogen-bond acceptors (Lipinski definition) is 12. The van der Waals surface area contributed by atoms with Gasteiger partial charge < -0.3 is 25.2 Å². The lowest BCUT2D eigenvalue weighted by molar-refractivity contribution is 0.215. The summed E-state index contributed by atoms with van der Waals surface area (Å²) in [6.07, 6.45) is 11.8. The molecule has 15 nitrogen and oxygen atoms in total. The molecular weight excluding hydrogens is 841 g/mol. The van der Waals surface area contributed by atoms with Gasteiger partial charge in [0, 0.05) is 79.5 Å². The summed E-state index contributed by atoms with van der Waals surface area (Å²) in [6.45, 7) is 16.6. The number of urea groups is 1. The number of aromatic nitrogens is 6. The van der Waals surface area contributed by atoms with Gasteiger partial charge in [0.05, 0.1) is 52.6 Å². The van der Waals surface area contributed by atoms with E-state index in [1.807, 2.05) is 61.3 Å². The van der Waals surface area contributed by atoms with Crippen LogP contribution in [0, 0.1) is 41.5 Å². The van der Waals surface area contributed by atoms with E-state index < -0.39 is 6.09 Å². The molecule has 2 fully saturated rings. The van der Waals surface area contributed by atoms with Crippen molar-refractivity contribution in [2.24, 2.45) is 0 Å². The third-order valence-corrected chi connectivity index (χ3v) is 12.7. The van der Waals surface area contributed by atoms with Crippen LogP contribution in [0.15, 0.2) is 116 Å². The second-order valence-corrected chi connectivity index (χ2v) is 17.2. The van der Waals surface area contributed by atoms with E-state index in [0.29, 0.717) is 23.2 Å². The molecule has 1 aromatic carbocycles. The van der Waals surface area contributed by atoms with Crippen LogP contribution in [-0.2, 0) is 0 Å². The minimum atomic E-state index is -0.529. The maximum Gasteiger partial charge on any atom is 0.417 e. The Balaban J connectivity index is 0.000000133. The van der Waals surface area contributed by atoms with Crippen LogP contribution in [0.25, 0.3) is 22.5 Å². The van der Waals surface area contributed by atoms with Crippen LogP contribution in [-0.4, -0.2) is 80.3 Å². The molecule has 2 atom stereocenters. The van der Waals surface area contributed by atoms with Crippen molar-refractivity contribution in [1.82, 2.24) is 29.9 Å². The summed E-state index contributed by atoms with van der Waals surface area (Å²) in [5.41, 5.74) is 14.7. The van der Waals surface area contributed by atoms with E-state index in [2.05, 4.69) is 79.4 Å². The largest absolute Gasteiger partial charge is 0.417 e. The molecule has 0 aliphatic carbocycles. The van der Waals surface area contributed by atoms with Gasteiger partial charge in [-0.3, -0.25) is 30.2 Å². The average molecular weight is 895 g/mol. The van der Waals surface area contributed by atoms with Gasteiger partial charge in [-0.05, 0) is 137 Å². The lowest BCUT2D eigenvalue weighted by Crippen LogP contribution is -2.48. The normalized spacial score (nSPS) is 16.0. The lowest BCUT2D eigenvalue weighted by atomic mass is 10.00. The fourth-order valence-corrected chi connectivity index (χ4v) is 9.19. The molecule has 0 spiro atoms. The van der Waals surface area contributed by atoms with Gasteiger partial charge in [-0.2, -0.15) is 0 Å². The number of aryl methyl sites for hydroxylation is 2. The number of benzene rings is 1. The van der Waals surface area contributed by atoms with E-state index in [1.54, 1.807) is 67.4 Å². The second kappa shape index (κ2) is 19.3.